The first-order valence-electron chi connectivity index (χ1n) is 6.51. The maximum absolute atomic E-state index is 5.50. The molecule has 0 atom stereocenters. The lowest BCUT2D eigenvalue weighted by molar-refractivity contribution is 0.562. The molecule has 17 heavy (non-hydrogen) atoms. The first kappa shape index (κ1) is 12.6. The molecule has 94 valence electrons. The van der Waals surface area contributed by atoms with Crippen LogP contribution in [0.15, 0.2) is 0 Å². The summed E-state index contributed by atoms with van der Waals surface area (Å²) >= 11 is 4.89. The largest absolute Gasteiger partial charge is 0.393 e. The quantitative estimate of drug-likeness (QED) is 0.646. The number of hydrogen-bond acceptors (Lipinski definition) is 2. The average molecular weight is 251 g/mol. The highest BCUT2D eigenvalue weighted by atomic mass is 32.1. The number of hydrogen-bond donors (Lipinski definition) is 1. The highest BCUT2D eigenvalue weighted by Crippen LogP contribution is 2.22. The zero-order chi connectivity index (χ0) is 12.3. The summed E-state index contributed by atoms with van der Waals surface area (Å²) in [4.78, 5) is 5.31. The fourth-order valence-electron chi connectivity index (χ4n) is 2.60. The molecular formula is C13H21N3S. The van der Waals surface area contributed by atoms with Crippen molar-refractivity contribution in [2.75, 3.05) is 0 Å². The maximum atomic E-state index is 5.50. The fourth-order valence-corrected chi connectivity index (χ4v) is 2.75. The number of aryl methyl sites for hydroxylation is 2. The van der Waals surface area contributed by atoms with Crippen LogP contribution in [0.3, 0.4) is 0 Å². The Bertz CT molecular complexity index is 409. The molecular weight excluding hydrogens is 230 g/mol. The van der Waals surface area contributed by atoms with Gasteiger partial charge >= 0.3 is 0 Å². The first-order valence-corrected chi connectivity index (χ1v) is 6.92. The minimum absolute atomic E-state index is 0.634. The number of rotatable bonds is 5. The van der Waals surface area contributed by atoms with Gasteiger partial charge < -0.3 is 10.3 Å². The van der Waals surface area contributed by atoms with Gasteiger partial charge in [0, 0.05) is 12.2 Å². The van der Waals surface area contributed by atoms with E-state index in [4.69, 9.17) is 18.0 Å². The molecule has 0 saturated carbocycles. The Labute approximate surface area is 108 Å². The number of unbranched alkanes of at least 4 members (excludes halogenated alkanes) is 1. The SMILES string of the molecule is Cc1nc2c(n1CCCCC(N)=S)CCCC2. The number of aromatic nitrogens is 2. The van der Waals surface area contributed by atoms with Crippen LogP contribution in [0.1, 0.15) is 49.3 Å². The molecule has 0 radical (unpaired) electrons. The molecule has 0 aliphatic heterocycles. The lowest BCUT2D eigenvalue weighted by Gasteiger charge is -2.14. The second-order valence-corrected chi connectivity index (χ2v) is 5.36. The third kappa shape index (κ3) is 3.06. The average Bonchev–Trinajstić information content (AvgIpc) is 2.60. The van der Waals surface area contributed by atoms with Crippen molar-refractivity contribution in [3.8, 4) is 0 Å². The van der Waals surface area contributed by atoms with E-state index in [1.165, 1.54) is 36.5 Å². The molecule has 0 unspecified atom stereocenters. The Morgan fingerprint density at radius 2 is 2.12 bits per heavy atom. The van der Waals surface area contributed by atoms with Gasteiger partial charge in [0.25, 0.3) is 0 Å². The van der Waals surface area contributed by atoms with Gasteiger partial charge in [-0.25, -0.2) is 4.98 Å². The molecule has 2 N–H and O–H groups in total. The fraction of sp³-hybridized carbons (Fsp3) is 0.692. The third-order valence-corrected chi connectivity index (χ3v) is 3.68. The zero-order valence-corrected chi connectivity index (χ0v) is 11.4. The summed E-state index contributed by atoms with van der Waals surface area (Å²) < 4.78 is 2.40. The number of thiocarbonyl (C=S) groups is 1. The van der Waals surface area contributed by atoms with Gasteiger partial charge in [0.15, 0.2) is 0 Å². The smallest absolute Gasteiger partial charge is 0.106 e. The summed E-state index contributed by atoms with van der Waals surface area (Å²) in [6.45, 7) is 3.18. The summed E-state index contributed by atoms with van der Waals surface area (Å²) in [5.74, 6) is 1.17. The van der Waals surface area contributed by atoms with Crippen LogP contribution in [-0.4, -0.2) is 14.5 Å². The van der Waals surface area contributed by atoms with Crippen molar-refractivity contribution >= 4 is 17.2 Å². The van der Waals surface area contributed by atoms with E-state index in [1.54, 1.807) is 0 Å². The van der Waals surface area contributed by atoms with Crippen molar-refractivity contribution in [1.29, 1.82) is 0 Å². The van der Waals surface area contributed by atoms with Crippen molar-refractivity contribution in [2.45, 2.75) is 58.4 Å². The Morgan fingerprint density at radius 1 is 1.35 bits per heavy atom. The molecule has 0 aromatic carbocycles. The van der Waals surface area contributed by atoms with Crippen LogP contribution in [0, 0.1) is 6.92 Å². The molecule has 0 amide bonds. The second kappa shape index (κ2) is 5.63. The van der Waals surface area contributed by atoms with Crippen LogP contribution in [-0.2, 0) is 19.4 Å². The van der Waals surface area contributed by atoms with Crippen LogP contribution < -0.4 is 5.73 Å². The number of imidazole rings is 1. The van der Waals surface area contributed by atoms with E-state index in [0.29, 0.717) is 4.99 Å². The molecule has 0 spiro atoms. The minimum atomic E-state index is 0.634. The van der Waals surface area contributed by atoms with Crippen LogP contribution in [0.25, 0.3) is 0 Å². The Kier molecular flexibility index (Phi) is 4.15. The van der Waals surface area contributed by atoms with Crippen molar-refractivity contribution in [1.82, 2.24) is 9.55 Å². The van der Waals surface area contributed by atoms with Gasteiger partial charge in [-0.3, -0.25) is 0 Å². The molecule has 4 heteroatoms. The van der Waals surface area contributed by atoms with Gasteiger partial charge in [0.2, 0.25) is 0 Å². The molecule has 0 fully saturated rings. The molecule has 1 aliphatic rings. The lowest BCUT2D eigenvalue weighted by Crippen LogP contribution is -2.11. The lowest BCUT2D eigenvalue weighted by atomic mass is 10.0. The maximum Gasteiger partial charge on any atom is 0.106 e. The molecule has 0 saturated heterocycles. The predicted octanol–water partition coefficient (Wildman–Crippen LogP) is 2.53. The van der Waals surface area contributed by atoms with E-state index in [-0.39, 0.29) is 0 Å². The van der Waals surface area contributed by atoms with Crippen molar-refractivity contribution < 1.29 is 0 Å². The predicted molar refractivity (Wildman–Crippen MR) is 74.2 cm³/mol. The van der Waals surface area contributed by atoms with Crippen LogP contribution in [0.5, 0.6) is 0 Å². The van der Waals surface area contributed by atoms with Crippen molar-refractivity contribution in [2.24, 2.45) is 5.73 Å². The monoisotopic (exact) mass is 251 g/mol. The van der Waals surface area contributed by atoms with Gasteiger partial charge in [-0.05, 0) is 51.9 Å². The standard InChI is InChI=1S/C13H21N3S/c1-10-15-11-6-2-3-7-12(11)16(10)9-5-4-8-13(14)17/h2-9H2,1H3,(H2,14,17). The minimum Gasteiger partial charge on any atom is -0.393 e. The van der Waals surface area contributed by atoms with E-state index < -0.39 is 0 Å². The topological polar surface area (TPSA) is 43.8 Å². The highest BCUT2D eigenvalue weighted by molar-refractivity contribution is 7.80. The second-order valence-electron chi connectivity index (χ2n) is 4.83. The van der Waals surface area contributed by atoms with Gasteiger partial charge in [-0.15, -0.1) is 0 Å². The van der Waals surface area contributed by atoms with E-state index in [0.717, 1.165) is 32.2 Å². The summed E-state index contributed by atoms with van der Waals surface area (Å²) in [5, 5.41) is 0. The summed E-state index contributed by atoms with van der Waals surface area (Å²) in [5.41, 5.74) is 8.32. The van der Waals surface area contributed by atoms with E-state index in [9.17, 15) is 0 Å². The molecule has 1 heterocycles. The molecule has 1 aromatic rings. The Hall–Kier alpha value is -0.900. The zero-order valence-electron chi connectivity index (χ0n) is 10.5. The molecule has 2 rings (SSSR count). The van der Waals surface area contributed by atoms with Gasteiger partial charge in [-0.2, -0.15) is 0 Å². The number of nitrogens with two attached hydrogens (primary N) is 1. The van der Waals surface area contributed by atoms with Crippen LogP contribution in [0.2, 0.25) is 0 Å². The van der Waals surface area contributed by atoms with E-state index in [2.05, 4.69) is 16.5 Å². The third-order valence-electron chi connectivity index (χ3n) is 3.48. The van der Waals surface area contributed by atoms with E-state index in [1.807, 2.05) is 0 Å². The van der Waals surface area contributed by atoms with Crippen molar-refractivity contribution in [3.63, 3.8) is 0 Å². The number of fused-ring (bicyclic) bond motifs is 1. The summed E-state index contributed by atoms with van der Waals surface area (Å²) in [6.07, 6.45) is 8.06. The summed E-state index contributed by atoms with van der Waals surface area (Å²) in [6, 6.07) is 0. The van der Waals surface area contributed by atoms with Crippen LogP contribution in [0.4, 0.5) is 0 Å². The van der Waals surface area contributed by atoms with Gasteiger partial charge in [0.1, 0.15) is 5.82 Å². The van der Waals surface area contributed by atoms with Crippen molar-refractivity contribution in [3.05, 3.63) is 17.2 Å². The van der Waals surface area contributed by atoms with Gasteiger partial charge in [-0.1, -0.05) is 12.2 Å². The van der Waals surface area contributed by atoms with Crippen LogP contribution >= 0.6 is 12.2 Å². The Morgan fingerprint density at radius 3 is 2.88 bits per heavy atom. The molecule has 3 nitrogen and oxygen atoms in total. The normalized spacial score (nSPS) is 14.6. The molecule has 1 aliphatic carbocycles. The molecule has 0 bridgehead atoms. The van der Waals surface area contributed by atoms with E-state index >= 15 is 0 Å². The summed E-state index contributed by atoms with van der Waals surface area (Å²) in [7, 11) is 0. The first-order chi connectivity index (χ1) is 8.18. The highest BCUT2D eigenvalue weighted by Gasteiger charge is 2.17. The Balaban J connectivity index is 1.96. The molecule has 1 aromatic heterocycles. The number of nitrogens with zero attached hydrogens (tertiary/aromatic N) is 2. The van der Waals surface area contributed by atoms with Gasteiger partial charge in [0.05, 0.1) is 10.7 Å².